The fraction of sp³-hybridized carbons (Fsp3) is 1.00. The quantitative estimate of drug-likeness (QED) is 0.739. The lowest BCUT2D eigenvalue weighted by Gasteiger charge is -2.40. The first-order valence-corrected chi connectivity index (χ1v) is 7.24. The Kier molecular flexibility index (Phi) is 5.30. The van der Waals surface area contributed by atoms with Crippen LogP contribution in [0, 0.1) is 17.8 Å². The van der Waals surface area contributed by atoms with Crippen molar-refractivity contribution in [3.63, 3.8) is 0 Å². The Balaban J connectivity index is 2.47. The van der Waals surface area contributed by atoms with Gasteiger partial charge in [-0.2, -0.15) is 0 Å². The molecule has 3 unspecified atom stereocenters. The van der Waals surface area contributed by atoms with E-state index in [2.05, 4.69) is 27.7 Å². The second kappa shape index (κ2) is 6.05. The molecule has 1 fully saturated rings. The molecule has 0 aromatic heterocycles. The minimum atomic E-state index is 0.160. The molecule has 1 nitrogen and oxygen atoms in total. The van der Waals surface area contributed by atoms with Crippen molar-refractivity contribution in [2.24, 2.45) is 23.5 Å². The van der Waals surface area contributed by atoms with E-state index in [1.54, 1.807) is 0 Å². The van der Waals surface area contributed by atoms with Gasteiger partial charge in [0.2, 0.25) is 0 Å². The lowest BCUT2D eigenvalue weighted by Crippen LogP contribution is -2.45. The first kappa shape index (κ1) is 14.0. The third-order valence-electron chi connectivity index (χ3n) is 4.24. The minimum Gasteiger partial charge on any atom is -0.325 e. The van der Waals surface area contributed by atoms with Crippen molar-refractivity contribution in [2.45, 2.75) is 78.2 Å². The van der Waals surface area contributed by atoms with Gasteiger partial charge in [-0.1, -0.05) is 47.0 Å². The van der Waals surface area contributed by atoms with Crippen LogP contribution in [0.5, 0.6) is 0 Å². The first-order chi connectivity index (χ1) is 7.45. The SMILES string of the molecule is CCC(C)CC1(N)CCCC(CC(C)C)C1. The standard InChI is InChI=1S/C15H31N/c1-5-13(4)10-15(16)8-6-7-14(11-15)9-12(2)3/h12-14H,5-11,16H2,1-4H3. The van der Waals surface area contributed by atoms with Crippen LogP contribution in [-0.4, -0.2) is 5.54 Å². The maximum atomic E-state index is 6.60. The molecule has 0 aromatic rings. The molecule has 1 aliphatic rings. The summed E-state index contributed by atoms with van der Waals surface area (Å²) in [6, 6.07) is 0. The van der Waals surface area contributed by atoms with Crippen LogP contribution in [-0.2, 0) is 0 Å². The summed E-state index contributed by atoms with van der Waals surface area (Å²) in [5.41, 5.74) is 6.76. The first-order valence-electron chi connectivity index (χ1n) is 7.24. The second-order valence-corrected chi connectivity index (χ2v) is 6.67. The smallest absolute Gasteiger partial charge is 0.0159 e. The zero-order valence-corrected chi connectivity index (χ0v) is 11.8. The molecule has 0 saturated heterocycles. The largest absolute Gasteiger partial charge is 0.325 e. The molecule has 1 heteroatoms. The van der Waals surface area contributed by atoms with E-state index in [-0.39, 0.29) is 5.54 Å². The second-order valence-electron chi connectivity index (χ2n) is 6.67. The van der Waals surface area contributed by atoms with Crippen molar-refractivity contribution >= 4 is 0 Å². The highest BCUT2D eigenvalue weighted by molar-refractivity contribution is 4.91. The summed E-state index contributed by atoms with van der Waals surface area (Å²) < 4.78 is 0. The summed E-state index contributed by atoms with van der Waals surface area (Å²) in [6.07, 6.45) is 9.18. The van der Waals surface area contributed by atoms with Gasteiger partial charge in [-0.3, -0.25) is 0 Å². The van der Waals surface area contributed by atoms with Gasteiger partial charge in [0, 0.05) is 5.54 Å². The number of hydrogen-bond acceptors (Lipinski definition) is 1. The van der Waals surface area contributed by atoms with E-state index in [9.17, 15) is 0 Å². The molecule has 0 bridgehead atoms. The Morgan fingerprint density at radius 3 is 2.56 bits per heavy atom. The van der Waals surface area contributed by atoms with E-state index in [1.807, 2.05) is 0 Å². The van der Waals surface area contributed by atoms with Gasteiger partial charge in [0.05, 0.1) is 0 Å². The Hall–Kier alpha value is -0.0400. The highest BCUT2D eigenvalue weighted by Crippen LogP contribution is 2.38. The Morgan fingerprint density at radius 2 is 2.00 bits per heavy atom. The number of rotatable bonds is 5. The van der Waals surface area contributed by atoms with E-state index < -0.39 is 0 Å². The van der Waals surface area contributed by atoms with Gasteiger partial charge in [0.1, 0.15) is 0 Å². The van der Waals surface area contributed by atoms with Crippen LogP contribution in [0.15, 0.2) is 0 Å². The minimum absolute atomic E-state index is 0.160. The molecule has 1 aliphatic carbocycles. The summed E-state index contributed by atoms with van der Waals surface area (Å²) >= 11 is 0. The third kappa shape index (κ3) is 4.45. The lowest BCUT2D eigenvalue weighted by atomic mass is 9.70. The van der Waals surface area contributed by atoms with Crippen LogP contribution in [0.4, 0.5) is 0 Å². The normalized spacial score (nSPS) is 33.0. The zero-order valence-electron chi connectivity index (χ0n) is 11.8. The molecule has 1 saturated carbocycles. The summed E-state index contributed by atoms with van der Waals surface area (Å²) in [6.45, 7) is 9.30. The Morgan fingerprint density at radius 1 is 1.31 bits per heavy atom. The average molecular weight is 225 g/mol. The topological polar surface area (TPSA) is 26.0 Å². The molecule has 0 aliphatic heterocycles. The highest BCUT2D eigenvalue weighted by atomic mass is 14.7. The summed E-state index contributed by atoms with van der Waals surface area (Å²) in [4.78, 5) is 0. The number of hydrogen-bond donors (Lipinski definition) is 1. The maximum Gasteiger partial charge on any atom is 0.0159 e. The molecular formula is C15H31N. The molecule has 0 heterocycles. The highest BCUT2D eigenvalue weighted by Gasteiger charge is 2.33. The molecule has 3 atom stereocenters. The van der Waals surface area contributed by atoms with Crippen molar-refractivity contribution in [3.8, 4) is 0 Å². The van der Waals surface area contributed by atoms with Crippen molar-refractivity contribution in [2.75, 3.05) is 0 Å². The van der Waals surface area contributed by atoms with Gasteiger partial charge in [0.25, 0.3) is 0 Å². The zero-order chi connectivity index (χ0) is 12.2. The molecule has 0 spiro atoms. The van der Waals surface area contributed by atoms with Crippen LogP contribution in [0.1, 0.15) is 72.6 Å². The van der Waals surface area contributed by atoms with Crippen molar-refractivity contribution < 1.29 is 0 Å². The predicted molar refractivity (Wildman–Crippen MR) is 72.4 cm³/mol. The van der Waals surface area contributed by atoms with Crippen LogP contribution in [0.2, 0.25) is 0 Å². The average Bonchev–Trinajstić information content (AvgIpc) is 2.15. The predicted octanol–water partition coefficient (Wildman–Crippen LogP) is 4.36. The molecule has 96 valence electrons. The summed E-state index contributed by atoms with van der Waals surface area (Å²) in [5, 5.41) is 0. The van der Waals surface area contributed by atoms with Gasteiger partial charge >= 0.3 is 0 Å². The number of nitrogens with two attached hydrogens (primary N) is 1. The van der Waals surface area contributed by atoms with E-state index >= 15 is 0 Å². The van der Waals surface area contributed by atoms with Crippen LogP contribution < -0.4 is 5.73 Å². The van der Waals surface area contributed by atoms with Gasteiger partial charge in [-0.25, -0.2) is 0 Å². The van der Waals surface area contributed by atoms with E-state index in [0.29, 0.717) is 0 Å². The van der Waals surface area contributed by atoms with Crippen LogP contribution in [0.3, 0.4) is 0 Å². The third-order valence-corrected chi connectivity index (χ3v) is 4.24. The van der Waals surface area contributed by atoms with Crippen molar-refractivity contribution in [3.05, 3.63) is 0 Å². The van der Waals surface area contributed by atoms with Crippen LogP contribution in [0.25, 0.3) is 0 Å². The van der Waals surface area contributed by atoms with Gasteiger partial charge in [-0.15, -0.1) is 0 Å². The van der Waals surface area contributed by atoms with Crippen LogP contribution >= 0.6 is 0 Å². The monoisotopic (exact) mass is 225 g/mol. The Labute approximate surface area is 102 Å². The maximum absolute atomic E-state index is 6.60. The van der Waals surface area contributed by atoms with E-state index in [4.69, 9.17) is 5.73 Å². The Bertz CT molecular complexity index is 200. The molecule has 0 radical (unpaired) electrons. The van der Waals surface area contributed by atoms with E-state index in [0.717, 1.165) is 17.8 Å². The fourth-order valence-corrected chi connectivity index (χ4v) is 3.41. The summed E-state index contributed by atoms with van der Waals surface area (Å²) in [7, 11) is 0. The van der Waals surface area contributed by atoms with Crippen molar-refractivity contribution in [1.29, 1.82) is 0 Å². The molecular weight excluding hydrogens is 194 g/mol. The van der Waals surface area contributed by atoms with Gasteiger partial charge in [0.15, 0.2) is 0 Å². The lowest BCUT2D eigenvalue weighted by molar-refractivity contribution is 0.172. The molecule has 1 rings (SSSR count). The molecule has 0 amide bonds. The fourth-order valence-electron chi connectivity index (χ4n) is 3.41. The van der Waals surface area contributed by atoms with E-state index in [1.165, 1.54) is 44.9 Å². The van der Waals surface area contributed by atoms with Gasteiger partial charge < -0.3 is 5.73 Å². The molecule has 0 aromatic carbocycles. The summed E-state index contributed by atoms with van der Waals surface area (Å²) in [5.74, 6) is 2.52. The van der Waals surface area contributed by atoms with Gasteiger partial charge in [-0.05, 0) is 43.4 Å². The molecule has 16 heavy (non-hydrogen) atoms. The molecule has 2 N–H and O–H groups in total. The van der Waals surface area contributed by atoms with Crippen molar-refractivity contribution in [1.82, 2.24) is 0 Å².